The SMILES string of the molecule is c1ccc(-c2cc(-c3cccc(-c4ccc5oc6cc(-c7cccc(-c8cc(-c9cccc(-c%10cccc%11oc%12ccccc%12c%10%11)c9)nc(-c9ccccc9)n8)c7)ccc6c5c4)c3)nc(-c3ccccc3)n2)cc1. The molecule has 0 aliphatic rings. The van der Waals surface area contributed by atoms with Crippen molar-refractivity contribution < 1.29 is 8.83 Å². The topological polar surface area (TPSA) is 77.8 Å². The van der Waals surface area contributed by atoms with Crippen molar-refractivity contribution >= 4 is 43.9 Å². The first-order chi connectivity index (χ1) is 36.6. The molecule has 10 aromatic carbocycles. The van der Waals surface area contributed by atoms with Crippen LogP contribution in [0.2, 0.25) is 0 Å². The first kappa shape index (κ1) is 42.8. The normalized spacial score (nSPS) is 11.5. The van der Waals surface area contributed by atoms with Crippen LogP contribution in [0.25, 0.3) is 145 Å². The van der Waals surface area contributed by atoms with Gasteiger partial charge in [-0.25, -0.2) is 19.9 Å². The van der Waals surface area contributed by atoms with Gasteiger partial charge >= 0.3 is 0 Å². The molecule has 0 amide bonds. The van der Waals surface area contributed by atoms with E-state index in [1.54, 1.807) is 0 Å². The van der Waals surface area contributed by atoms with Gasteiger partial charge in [-0.15, -0.1) is 0 Å². The van der Waals surface area contributed by atoms with E-state index in [0.29, 0.717) is 11.6 Å². The van der Waals surface area contributed by atoms with E-state index in [1.807, 2.05) is 72.8 Å². The lowest BCUT2D eigenvalue weighted by molar-refractivity contribution is 0.668. The smallest absolute Gasteiger partial charge is 0.160 e. The third kappa shape index (κ3) is 7.88. The number of para-hydroxylation sites is 1. The van der Waals surface area contributed by atoms with Crippen molar-refractivity contribution in [3.63, 3.8) is 0 Å². The Bertz CT molecular complexity index is 4370. The Morgan fingerprint density at radius 1 is 0.216 bits per heavy atom. The van der Waals surface area contributed by atoms with Gasteiger partial charge in [-0.05, 0) is 100 Å². The fourth-order valence-electron chi connectivity index (χ4n) is 10.2. The van der Waals surface area contributed by atoms with Crippen molar-refractivity contribution in [2.24, 2.45) is 0 Å². The van der Waals surface area contributed by atoms with E-state index in [2.05, 4.69) is 182 Å². The van der Waals surface area contributed by atoms with Gasteiger partial charge < -0.3 is 8.83 Å². The Labute approximate surface area is 426 Å². The van der Waals surface area contributed by atoms with E-state index < -0.39 is 0 Å². The zero-order chi connectivity index (χ0) is 49.0. The lowest BCUT2D eigenvalue weighted by atomic mass is 9.96. The molecule has 6 nitrogen and oxygen atoms in total. The molecule has 0 aliphatic carbocycles. The number of nitrogens with zero attached hydrogens (tertiary/aromatic N) is 4. The molecule has 14 aromatic rings. The number of aromatic nitrogens is 4. The third-order valence-electron chi connectivity index (χ3n) is 13.9. The van der Waals surface area contributed by atoms with Crippen molar-refractivity contribution in [2.75, 3.05) is 0 Å². The monoisotopic (exact) mass is 946 g/mol. The molecule has 6 heteroatoms. The second-order valence-corrected chi connectivity index (χ2v) is 18.6. The van der Waals surface area contributed by atoms with Crippen molar-refractivity contribution in [3.8, 4) is 101 Å². The summed E-state index contributed by atoms with van der Waals surface area (Å²) < 4.78 is 12.9. The van der Waals surface area contributed by atoms with Gasteiger partial charge in [-0.3, -0.25) is 0 Å². The fourth-order valence-corrected chi connectivity index (χ4v) is 10.2. The van der Waals surface area contributed by atoms with E-state index in [0.717, 1.165) is 133 Å². The molecule has 14 rings (SSSR count). The Morgan fingerprint density at radius 3 is 1.26 bits per heavy atom. The maximum atomic E-state index is 6.59. The molecule has 0 aliphatic heterocycles. The van der Waals surface area contributed by atoms with Crippen LogP contribution in [0, 0.1) is 0 Å². The van der Waals surface area contributed by atoms with Gasteiger partial charge in [0.1, 0.15) is 22.3 Å². The summed E-state index contributed by atoms with van der Waals surface area (Å²) in [5, 5.41) is 4.32. The summed E-state index contributed by atoms with van der Waals surface area (Å²) in [6.07, 6.45) is 0. The highest BCUT2D eigenvalue weighted by Crippen LogP contribution is 2.40. The van der Waals surface area contributed by atoms with Gasteiger partial charge in [-0.1, -0.05) is 188 Å². The van der Waals surface area contributed by atoms with Gasteiger partial charge in [-0.2, -0.15) is 0 Å². The maximum Gasteiger partial charge on any atom is 0.160 e. The molecule has 0 fully saturated rings. The van der Waals surface area contributed by atoms with Gasteiger partial charge in [0.15, 0.2) is 11.6 Å². The average Bonchev–Trinajstić information content (AvgIpc) is 4.06. The predicted molar refractivity (Wildman–Crippen MR) is 301 cm³/mol. The first-order valence-corrected chi connectivity index (χ1v) is 24.8. The summed E-state index contributed by atoms with van der Waals surface area (Å²) in [4.78, 5) is 20.5. The molecule has 346 valence electrons. The largest absolute Gasteiger partial charge is 0.456 e. The summed E-state index contributed by atoms with van der Waals surface area (Å²) in [5.74, 6) is 1.35. The molecule has 0 saturated heterocycles. The van der Waals surface area contributed by atoms with Crippen molar-refractivity contribution in [1.82, 2.24) is 19.9 Å². The number of hydrogen-bond acceptors (Lipinski definition) is 6. The van der Waals surface area contributed by atoms with Crippen molar-refractivity contribution in [2.45, 2.75) is 0 Å². The third-order valence-corrected chi connectivity index (χ3v) is 13.9. The first-order valence-electron chi connectivity index (χ1n) is 24.8. The molecular formula is C68H42N4O2. The Balaban J connectivity index is 0.800. The van der Waals surface area contributed by atoms with E-state index in [1.165, 1.54) is 0 Å². The lowest BCUT2D eigenvalue weighted by Gasteiger charge is -2.12. The van der Waals surface area contributed by atoms with Crippen LogP contribution in [0.1, 0.15) is 0 Å². The molecule has 0 radical (unpaired) electrons. The van der Waals surface area contributed by atoms with Crippen molar-refractivity contribution in [3.05, 3.63) is 255 Å². The van der Waals surface area contributed by atoms with Crippen LogP contribution in [-0.2, 0) is 0 Å². The molecule has 0 unspecified atom stereocenters. The Hall–Kier alpha value is -10.0. The van der Waals surface area contributed by atoms with Crippen molar-refractivity contribution in [1.29, 1.82) is 0 Å². The van der Waals surface area contributed by atoms with Crippen LogP contribution >= 0.6 is 0 Å². The molecular weight excluding hydrogens is 905 g/mol. The molecule has 4 heterocycles. The van der Waals surface area contributed by atoms with Gasteiger partial charge in [0.05, 0.1) is 22.8 Å². The quantitative estimate of drug-likeness (QED) is 0.143. The highest BCUT2D eigenvalue weighted by Gasteiger charge is 2.18. The number of fused-ring (bicyclic) bond motifs is 6. The fraction of sp³-hybridized carbons (Fsp3) is 0. The second-order valence-electron chi connectivity index (χ2n) is 18.6. The van der Waals surface area contributed by atoms with Crippen LogP contribution in [-0.4, -0.2) is 19.9 Å². The minimum Gasteiger partial charge on any atom is -0.456 e. The summed E-state index contributed by atoms with van der Waals surface area (Å²) in [5.41, 5.74) is 19.3. The van der Waals surface area contributed by atoms with Crippen LogP contribution in [0.3, 0.4) is 0 Å². The molecule has 0 saturated carbocycles. The molecule has 74 heavy (non-hydrogen) atoms. The van der Waals surface area contributed by atoms with Crippen LogP contribution in [0.5, 0.6) is 0 Å². The van der Waals surface area contributed by atoms with E-state index in [-0.39, 0.29) is 0 Å². The number of rotatable bonds is 9. The van der Waals surface area contributed by atoms with Crippen LogP contribution in [0.15, 0.2) is 264 Å². The minimum atomic E-state index is 0.662. The number of furan rings is 2. The number of hydrogen-bond donors (Lipinski definition) is 0. The predicted octanol–water partition coefficient (Wildman–Crippen LogP) is 18.1. The minimum absolute atomic E-state index is 0.662. The summed E-state index contributed by atoms with van der Waals surface area (Å²) in [6.45, 7) is 0. The lowest BCUT2D eigenvalue weighted by Crippen LogP contribution is -1.96. The van der Waals surface area contributed by atoms with E-state index in [9.17, 15) is 0 Å². The molecule has 0 atom stereocenters. The second kappa shape index (κ2) is 18.0. The standard InChI is InChI=1S/C68H42N4O2/c1-4-16-43(17-5-1)58-41-59(70-67(69-58)44-18-6-2-7-19-44)51-25-12-22-46(36-51)48-33-35-63-57(39-48)55-34-32-49(40-65(55)74-63)47-23-13-26-52(37-47)60-42-61(72-68(71-60)45-20-8-3-9-21-45)53-27-14-24-50(38-53)54-29-15-31-64-66(54)56-28-10-11-30-62(56)73-64/h1-42H. The zero-order valence-corrected chi connectivity index (χ0v) is 39.9. The summed E-state index contributed by atoms with van der Waals surface area (Å²) in [7, 11) is 0. The summed E-state index contributed by atoms with van der Waals surface area (Å²) in [6, 6.07) is 88.0. The number of benzene rings is 10. The highest BCUT2D eigenvalue weighted by molar-refractivity contribution is 6.12. The maximum absolute atomic E-state index is 6.59. The van der Waals surface area contributed by atoms with E-state index in [4.69, 9.17) is 28.8 Å². The Morgan fingerprint density at radius 2 is 0.635 bits per heavy atom. The zero-order valence-electron chi connectivity index (χ0n) is 39.9. The van der Waals surface area contributed by atoms with E-state index >= 15 is 0 Å². The van der Waals surface area contributed by atoms with Gasteiger partial charge in [0, 0.05) is 54.9 Å². The average molecular weight is 947 g/mol. The molecule has 0 bridgehead atoms. The van der Waals surface area contributed by atoms with Crippen LogP contribution < -0.4 is 0 Å². The Kier molecular flexibility index (Phi) is 10.4. The van der Waals surface area contributed by atoms with Gasteiger partial charge in [0.2, 0.25) is 0 Å². The summed E-state index contributed by atoms with van der Waals surface area (Å²) >= 11 is 0. The highest BCUT2D eigenvalue weighted by atomic mass is 16.3. The molecule has 4 aromatic heterocycles. The van der Waals surface area contributed by atoms with Gasteiger partial charge in [0.25, 0.3) is 0 Å². The molecule has 0 N–H and O–H groups in total. The van der Waals surface area contributed by atoms with Crippen LogP contribution in [0.4, 0.5) is 0 Å². The molecule has 0 spiro atoms.